The van der Waals surface area contributed by atoms with E-state index in [1.807, 2.05) is 0 Å². The Kier molecular flexibility index (Phi) is 7.69. The van der Waals surface area contributed by atoms with Crippen molar-refractivity contribution < 1.29 is 19.2 Å². The molecule has 1 N–H and O–H groups in total. The monoisotopic (exact) mass is 274 g/mol. The van der Waals surface area contributed by atoms with Gasteiger partial charge in [-0.25, -0.2) is 15.1 Å². The van der Waals surface area contributed by atoms with E-state index in [2.05, 4.69) is 16.9 Å². The Morgan fingerprint density at radius 1 is 1.44 bits per heavy atom. The second-order valence-corrected chi connectivity index (χ2v) is 4.51. The smallest absolute Gasteiger partial charge is 0.436 e. The number of hydrogen-bond acceptors (Lipinski definition) is 6. The standard InChI is InChI=1S/C11H18N2O4S/c1-8(2)6-10(14)16-7-13(4)11(15)17-12-9(3)18-5/h6,12H,3,7H2,1-2,4-5H3. The first kappa shape index (κ1) is 16.4. The lowest BCUT2D eigenvalue weighted by atomic mass is 10.3. The zero-order valence-corrected chi connectivity index (χ0v) is 11.8. The van der Waals surface area contributed by atoms with E-state index in [-0.39, 0.29) is 6.73 Å². The van der Waals surface area contributed by atoms with Gasteiger partial charge < -0.3 is 9.57 Å². The van der Waals surface area contributed by atoms with Crippen LogP contribution in [0.1, 0.15) is 13.8 Å². The molecule has 0 aromatic carbocycles. The molecule has 102 valence electrons. The van der Waals surface area contributed by atoms with Crippen LogP contribution in [0.25, 0.3) is 0 Å². The van der Waals surface area contributed by atoms with Crippen LogP contribution in [0.4, 0.5) is 4.79 Å². The number of nitrogens with zero attached hydrogens (tertiary/aromatic N) is 1. The number of thioether (sulfide) groups is 1. The van der Waals surface area contributed by atoms with Crippen molar-refractivity contribution in [3.63, 3.8) is 0 Å². The van der Waals surface area contributed by atoms with Crippen LogP contribution in [0.2, 0.25) is 0 Å². The minimum Gasteiger partial charge on any atom is -0.441 e. The van der Waals surface area contributed by atoms with E-state index in [9.17, 15) is 9.59 Å². The molecule has 0 aliphatic rings. The Labute approximate surface area is 111 Å². The first-order chi connectivity index (χ1) is 8.36. The molecule has 0 aliphatic carbocycles. The molecule has 0 aromatic heterocycles. The lowest BCUT2D eigenvalue weighted by molar-refractivity contribution is -0.141. The average Bonchev–Trinajstić information content (AvgIpc) is 2.31. The molecular formula is C11H18N2O4S. The van der Waals surface area contributed by atoms with Crippen molar-refractivity contribution >= 4 is 23.8 Å². The van der Waals surface area contributed by atoms with Crippen LogP contribution in [-0.2, 0) is 14.4 Å². The fourth-order valence-corrected chi connectivity index (χ4v) is 0.836. The summed E-state index contributed by atoms with van der Waals surface area (Å²) in [7, 11) is 1.45. The van der Waals surface area contributed by atoms with Gasteiger partial charge in [0.25, 0.3) is 0 Å². The van der Waals surface area contributed by atoms with Crippen molar-refractivity contribution in [1.82, 2.24) is 10.4 Å². The molecular weight excluding hydrogens is 256 g/mol. The van der Waals surface area contributed by atoms with Crippen molar-refractivity contribution in [3.8, 4) is 0 Å². The van der Waals surface area contributed by atoms with Gasteiger partial charge in [-0.1, -0.05) is 12.2 Å². The third kappa shape index (κ3) is 7.61. The number of esters is 1. The van der Waals surface area contributed by atoms with Crippen molar-refractivity contribution in [3.05, 3.63) is 23.3 Å². The first-order valence-corrected chi connectivity index (χ1v) is 6.31. The summed E-state index contributed by atoms with van der Waals surface area (Å²) in [4.78, 5) is 28.4. The summed E-state index contributed by atoms with van der Waals surface area (Å²) >= 11 is 1.31. The van der Waals surface area contributed by atoms with Gasteiger partial charge in [-0.15, -0.1) is 11.8 Å². The average molecular weight is 274 g/mol. The number of nitrogens with one attached hydrogen (secondary N) is 1. The number of amides is 1. The number of hydroxylamine groups is 1. The van der Waals surface area contributed by atoms with E-state index in [0.29, 0.717) is 5.03 Å². The van der Waals surface area contributed by atoms with Gasteiger partial charge in [0.05, 0.1) is 5.03 Å². The van der Waals surface area contributed by atoms with Gasteiger partial charge in [-0.3, -0.25) is 4.90 Å². The highest BCUT2D eigenvalue weighted by Crippen LogP contribution is 2.03. The second-order valence-electron chi connectivity index (χ2n) is 3.61. The van der Waals surface area contributed by atoms with Crippen molar-refractivity contribution in [1.29, 1.82) is 0 Å². The molecule has 0 aliphatic heterocycles. The minimum absolute atomic E-state index is 0.186. The molecule has 7 heteroatoms. The molecule has 0 atom stereocenters. The molecule has 1 amide bonds. The van der Waals surface area contributed by atoms with Crippen molar-refractivity contribution in [2.45, 2.75) is 13.8 Å². The number of allylic oxidation sites excluding steroid dienone is 1. The van der Waals surface area contributed by atoms with Gasteiger partial charge in [-0.2, -0.15) is 0 Å². The fourth-order valence-electron chi connectivity index (χ4n) is 0.711. The molecule has 6 nitrogen and oxygen atoms in total. The number of ether oxygens (including phenoxy) is 1. The quantitative estimate of drug-likeness (QED) is 0.345. The van der Waals surface area contributed by atoms with Crippen LogP contribution in [0.5, 0.6) is 0 Å². The fraction of sp³-hybridized carbons (Fsp3) is 0.455. The largest absolute Gasteiger partial charge is 0.441 e. The molecule has 0 unspecified atom stereocenters. The predicted molar refractivity (Wildman–Crippen MR) is 70.4 cm³/mol. The highest BCUT2D eigenvalue weighted by atomic mass is 32.2. The number of hydrogen-bond donors (Lipinski definition) is 1. The van der Waals surface area contributed by atoms with Crippen LogP contribution in [-0.4, -0.2) is 37.0 Å². The maximum atomic E-state index is 11.4. The summed E-state index contributed by atoms with van der Waals surface area (Å²) in [5, 5.41) is 0.498. The summed E-state index contributed by atoms with van der Waals surface area (Å²) in [5.74, 6) is -0.504. The van der Waals surface area contributed by atoms with Gasteiger partial charge in [0.2, 0.25) is 0 Å². The highest BCUT2D eigenvalue weighted by molar-refractivity contribution is 8.02. The molecule has 0 rings (SSSR count). The zero-order chi connectivity index (χ0) is 14.1. The van der Waals surface area contributed by atoms with Crippen LogP contribution < -0.4 is 5.48 Å². The predicted octanol–water partition coefficient (Wildman–Crippen LogP) is 1.86. The Balaban J connectivity index is 3.98. The Bertz CT molecular complexity index is 351. The highest BCUT2D eigenvalue weighted by Gasteiger charge is 2.12. The topological polar surface area (TPSA) is 67.9 Å². The Hall–Kier alpha value is -1.63. The van der Waals surface area contributed by atoms with Crippen LogP contribution in [0, 0.1) is 0 Å². The zero-order valence-electron chi connectivity index (χ0n) is 11.0. The molecule has 0 heterocycles. The van der Waals surface area contributed by atoms with Crippen molar-refractivity contribution in [2.24, 2.45) is 0 Å². The molecule has 0 aromatic rings. The van der Waals surface area contributed by atoms with Gasteiger partial charge in [0.1, 0.15) is 0 Å². The summed E-state index contributed by atoms with van der Waals surface area (Å²) < 4.78 is 4.82. The Morgan fingerprint density at radius 2 is 2.06 bits per heavy atom. The minimum atomic E-state index is -0.671. The van der Waals surface area contributed by atoms with Gasteiger partial charge in [0, 0.05) is 13.1 Å². The second kappa shape index (κ2) is 8.46. The van der Waals surface area contributed by atoms with E-state index < -0.39 is 12.1 Å². The van der Waals surface area contributed by atoms with Gasteiger partial charge in [-0.05, 0) is 20.1 Å². The van der Waals surface area contributed by atoms with E-state index in [4.69, 9.17) is 4.74 Å². The number of carbonyl (C=O) groups excluding carboxylic acids is 2. The van der Waals surface area contributed by atoms with Crippen LogP contribution in [0.15, 0.2) is 23.3 Å². The molecule has 0 spiro atoms. The lowest BCUT2D eigenvalue weighted by Crippen LogP contribution is -2.34. The van der Waals surface area contributed by atoms with E-state index in [1.54, 1.807) is 20.1 Å². The number of rotatable bonds is 6. The number of carbonyl (C=O) groups is 2. The van der Waals surface area contributed by atoms with E-state index in [1.165, 1.54) is 24.9 Å². The summed E-state index contributed by atoms with van der Waals surface area (Å²) in [6.45, 7) is 6.94. The molecule has 0 fully saturated rings. The maximum absolute atomic E-state index is 11.4. The SMILES string of the molecule is C=C(NOC(=O)N(C)COC(=O)C=C(C)C)SC. The van der Waals surface area contributed by atoms with Crippen molar-refractivity contribution in [2.75, 3.05) is 20.0 Å². The van der Waals surface area contributed by atoms with E-state index in [0.717, 1.165) is 10.5 Å². The van der Waals surface area contributed by atoms with Crippen LogP contribution >= 0.6 is 11.8 Å². The maximum Gasteiger partial charge on any atom is 0.436 e. The molecule has 0 radical (unpaired) electrons. The third-order valence-electron chi connectivity index (χ3n) is 1.62. The summed E-state index contributed by atoms with van der Waals surface area (Å²) in [5.41, 5.74) is 3.18. The molecule has 0 bridgehead atoms. The van der Waals surface area contributed by atoms with Crippen LogP contribution in [0.3, 0.4) is 0 Å². The Morgan fingerprint density at radius 3 is 2.56 bits per heavy atom. The van der Waals surface area contributed by atoms with E-state index >= 15 is 0 Å². The summed E-state index contributed by atoms with van der Waals surface area (Å²) in [6.07, 6.45) is 2.45. The molecule has 0 saturated carbocycles. The summed E-state index contributed by atoms with van der Waals surface area (Å²) in [6, 6.07) is 0. The molecule has 18 heavy (non-hydrogen) atoms. The first-order valence-electron chi connectivity index (χ1n) is 5.09. The van der Waals surface area contributed by atoms with Gasteiger partial charge in [0.15, 0.2) is 6.73 Å². The lowest BCUT2D eigenvalue weighted by Gasteiger charge is -2.16. The third-order valence-corrected chi connectivity index (χ3v) is 2.19. The molecule has 0 saturated heterocycles. The van der Waals surface area contributed by atoms with Gasteiger partial charge >= 0.3 is 12.1 Å². The normalized spacial score (nSPS) is 9.11.